The van der Waals surface area contributed by atoms with Crippen molar-refractivity contribution >= 4 is 17.5 Å². The smallest absolute Gasteiger partial charge is 0.251 e. The molecule has 0 atom stereocenters. The first-order chi connectivity index (χ1) is 8.49. The summed E-state index contributed by atoms with van der Waals surface area (Å²) in [6.07, 6.45) is 0. The standard InChI is InChI=1S/C13H17N3O2/c1-9(2)7-15-12(17)8-16-13(18)10-3-5-11(14)6-4-10/h3-6H,1,7-8,14H2,2H3,(H,15,17)(H,16,18). The number of hydrogen-bond acceptors (Lipinski definition) is 3. The largest absolute Gasteiger partial charge is 0.399 e. The zero-order valence-corrected chi connectivity index (χ0v) is 10.3. The number of anilines is 1. The van der Waals surface area contributed by atoms with Crippen LogP contribution in [0.25, 0.3) is 0 Å². The van der Waals surface area contributed by atoms with Crippen LogP contribution in [0.15, 0.2) is 36.4 Å². The van der Waals surface area contributed by atoms with E-state index in [2.05, 4.69) is 17.2 Å². The molecule has 0 aliphatic rings. The maximum absolute atomic E-state index is 11.6. The van der Waals surface area contributed by atoms with Gasteiger partial charge in [0.05, 0.1) is 6.54 Å². The molecule has 0 bridgehead atoms. The van der Waals surface area contributed by atoms with Gasteiger partial charge in [0.25, 0.3) is 5.91 Å². The van der Waals surface area contributed by atoms with Gasteiger partial charge in [-0.3, -0.25) is 9.59 Å². The molecule has 0 aromatic heterocycles. The molecule has 0 saturated heterocycles. The summed E-state index contributed by atoms with van der Waals surface area (Å²) < 4.78 is 0. The minimum Gasteiger partial charge on any atom is -0.399 e. The summed E-state index contributed by atoms with van der Waals surface area (Å²) in [5, 5.41) is 5.15. The van der Waals surface area contributed by atoms with Gasteiger partial charge in [-0.15, -0.1) is 0 Å². The fourth-order valence-electron chi connectivity index (χ4n) is 1.21. The van der Waals surface area contributed by atoms with E-state index < -0.39 is 0 Å². The van der Waals surface area contributed by atoms with Crippen LogP contribution in [-0.2, 0) is 4.79 Å². The SMILES string of the molecule is C=C(C)CNC(=O)CNC(=O)c1ccc(N)cc1. The molecule has 0 aliphatic carbocycles. The number of hydrogen-bond donors (Lipinski definition) is 3. The van der Waals surface area contributed by atoms with Gasteiger partial charge in [0.1, 0.15) is 0 Å². The molecule has 5 heteroatoms. The number of nitrogens with one attached hydrogen (secondary N) is 2. The lowest BCUT2D eigenvalue weighted by atomic mass is 10.2. The van der Waals surface area contributed by atoms with Gasteiger partial charge in [0, 0.05) is 17.8 Å². The van der Waals surface area contributed by atoms with Gasteiger partial charge < -0.3 is 16.4 Å². The van der Waals surface area contributed by atoms with Crippen molar-refractivity contribution in [3.05, 3.63) is 42.0 Å². The van der Waals surface area contributed by atoms with Crippen LogP contribution in [0.3, 0.4) is 0 Å². The van der Waals surface area contributed by atoms with Gasteiger partial charge in [0.15, 0.2) is 0 Å². The Hall–Kier alpha value is -2.30. The number of rotatable bonds is 5. The van der Waals surface area contributed by atoms with Crippen LogP contribution in [0, 0.1) is 0 Å². The molecule has 1 aromatic carbocycles. The van der Waals surface area contributed by atoms with Crippen LogP contribution in [-0.4, -0.2) is 24.9 Å². The highest BCUT2D eigenvalue weighted by atomic mass is 16.2. The Kier molecular flexibility index (Phi) is 4.92. The van der Waals surface area contributed by atoms with Crippen molar-refractivity contribution in [1.82, 2.24) is 10.6 Å². The molecule has 2 amide bonds. The molecule has 1 rings (SSSR count). The van der Waals surface area contributed by atoms with Gasteiger partial charge >= 0.3 is 0 Å². The molecule has 18 heavy (non-hydrogen) atoms. The molecule has 4 N–H and O–H groups in total. The van der Waals surface area contributed by atoms with E-state index in [0.29, 0.717) is 17.8 Å². The van der Waals surface area contributed by atoms with E-state index in [0.717, 1.165) is 5.57 Å². The summed E-state index contributed by atoms with van der Waals surface area (Å²) in [5.41, 5.74) is 7.43. The third-order valence-corrected chi connectivity index (χ3v) is 2.17. The minimum atomic E-state index is -0.305. The first-order valence-corrected chi connectivity index (χ1v) is 5.54. The number of nitrogens with two attached hydrogens (primary N) is 1. The predicted octanol–water partition coefficient (Wildman–Crippen LogP) is 0.691. The topological polar surface area (TPSA) is 84.2 Å². The highest BCUT2D eigenvalue weighted by Crippen LogP contribution is 2.04. The van der Waals surface area contributed by atoms with Gasteiger partial charge in [-0.1, -0.05) is 12.2 Å². The molecular formula is C13H17N3O2. The summed E-state index contributed by atoms with van der Waals surface area (Å²) in [5.74, 6) is -0.553. The van der Waals surface area contributed by atoms with Crippen LogP contribution < -0.4 is 16.4 Å². The number of carbonyl (C=O) groups is 2. The second-order valence-electron chi connectivity index (χ2n) is 4.04. The van der Waals surface area contributed by atoms with Gasteiger partial charge in [-0.05, 0) is 31.2 Å². The van der Waals surface area contributed by atoms with Crippen LogP contribution in [0.4, 0.5) is 5.69 Å². The fraction of sp³-hybridized carbons (Fsp3) is 0.231. The first-order valence-electron chi connectivity index (χ1n) is 5.54. The van der Waals surface area contributed by atoms with Crippen LogP contribution in [0.1, 0.15) is 17.3 Å². The third-order valence-electron chi connectivity index (χ3n) is 2.17. The van der Waals surface area contributed by atoms with Crippen molar-refractivity contribution in [2.45, 2.75) is 6.92 Å². The number of amides is 2. The van der Waals surface area contributed by atoms with Crippen molar-refractivity contribution < 1.29 is 9.59 Å². The minimum absolute atomic E-state index is 0.0590. The Labute approximate surface area is 106 Å². The molecule has 0 radical (unpaired) electrons. The Morgan fingerprint density at radius 2 is 1.78 bits per heavy atom. The summed E-state index contributed by atoms with van der Waals surface area (Å²) in [6, 6.07) is 6.49. The van der Waals surface area contributed by atoms with E-state index in [1.54, 1.807) is 24.3 Å². The van der Waals surface area contributed by atoms with Crippen molar-refractivity contribution in [3.8, 4) is 0 Å². The van der Waals surface area contributed by atoms with Crippen LogP contribution in [0.5, 0.6) is 0 Å². The highest BCUT2D eigenvalue weighted by Gasteiger charge is 2.07. The molecular weight excluding hydrogens is 230 g/mol. The Bertz CT molecular complexity index is 452. The van der Waals surface area contributed by atoms with Gasteiger partial charge in [-0.2, -0.15) is 0 Å². The Morgan fingerprint density at radius 3 is 2.33 bits per heavy atom. The van der Waals surface area contributed by atoms with E-state index in [4.69, 9.17) is 5.73 Å². The number of nitrogen functional groups attached to an aromatic ring is 1. The molecule has 0 saturated carbocycles. The van der Waals surface area contributed by atoms with E-state index in [1.165, 1.54) is 0 Å². The third kappa shape index (κ3) is 4.69. The quantitative estimate of drug-likeness (QED) is 0.528. The zero-order valence-electron chi connectivity index (χ0n) is 10.3. The molecule has 5 nitrogen and oxygen atoms in total. The van der Waals surface area contributed by atoms with Crippen molar-refractivity contribution in [3.63, 3.8) is 0 Å². The lowest BCUT2D eigenvalue weighted by Gasteiger charge is -2.06. The Balaban J connectivity index is 2.39. The van der Waals surface area contributed by atoms with Crippen molar-refractivity contribution in [2.24, 2.45) is 0 Å². The summed E-state index contributed by atoms with van der Waals surface area (Å²) in [7, 11) is 0. The summed E-state index contributed by atoms with van der Waals surface area (Å²) >= 11 is 0. The maximum atomic E-state index is 11.6. The number of carbonyl (C=O) groups excluding carboxylic acids is 2. The molecule has 1 aromatic rings. The lowest BCUT2D eigenvalue weighted by Crippen LogP contribution is -2.37. The number of benzene rings is 1. The monoisotopic (exact) mass is 247 g/mol. The van der Waals surface area contributed by atoms with Crippen molar-refractivity contribution in [2.75, 3.05) is 18.8 Å². The molecule has 0 unspecified atom stereocenters. The van der Waals surface area contributed by atoms with Gasteiger partial charge in [-0.25, -0.2) is 0 Å². The second kappa shape index (κ2) is 6.44. The second-order valence-corrected chi connectivity index (χ2v) is 4.04. The maximum Gasteiger partial charge on any atom is 0.251 e. The average Bonchev–Trinajstić information content (AvgIpc) is 2.34. The zero-order chi connectivity index (χ0) is 13.5. The van der Waals surface area contributed by atoms with E-state index in [9.17, 15) is 9.59 Å². The first kappa shape index (κ1) is 13.8. The molecule has 0 heterocycles. The summed E-state index contributed by atoms with van der Waals surface area (Å²) in [4.78, 5) is 23.0. The van der Waals surface area contributed by atoms with E-state index in [1.807, 2.05) is 6.92 Å². The van der Waals surface area contributed by atoms with Crippen LogP contribution in [0.2, 0.25) is 0 Å². The Morgan fingerprint density at radius 1 is 1.17 bits per heavy atom. The molecule has 96 valence electrons. The molecule has 0 aliphatic heterocycles. The van der Waals surface area contributed by atoms with Crippen molar-refractivity contribution in [1.29, 1.82) is 0 Å². The van der Waals surface area contributed by atoms with Gasteiger partial charge in [0.2, 0.25) is 5.91 Å². The van der Waals surface area contributed by atoms with E-state index >= 15 is 0 Å². The normalized spacial score (nSPS) is 9.61. The summed E-state index contributed by atoms with van der Waals surface area (Å²) in [6.45, 7) is 5.83. The fourth-order valence-corrected chi connectivity index (χ4v) is 1.21. The lowest BCUT2D eigenvalue weighted by molar-refractivity contribution is -0.119. The predicted molar refractivity (Wildman–Crippen MR) is 71.0 cm³/mol. The van der Waals surface area contributed by atoms with Crippen LogP contribution >= 0.6 is 0 Å². The average molecular weight is 247 g/mol. The highest BCUT2D eigenvalue weighted by molar-refractivity contribution is 5.96. The molecule has 0 fully saturated rings. The van der Waals surface area contributed by atoms with E-state index in [-0.39, 0.29) is 18.4 Å². The molecule has 0 spiro atoms.